The van der Waals surface area contributed by atoms with Gasteiger partial charge in [0.1, 0.15) is 11.4 Å². The van der Waals surface area contributed by atoms with E-state index in [-0.39, 0.29) is 0 Å². The van der Waals surface area contributed by atoms with Gasteiger partial charge >= 0.3 is 0 Å². The second-order valence-electron chi connectivity index (χ2n) is 2.75. The van der Waals surface area contributed by atoms with Crippen molar-refractivity contribution >= 4 is 29.1 Å². The summed E-state index contributed by atoms with van der Waals surface area (Å²) in [6.07, 6.45) is 1.51. The smallest absolute Gasteiger partial charge is 0.216 e. The largest absolute Gasteiger partial charge is 0.253 e. The molecule has 0 saturated carbocycles. The van der Waals surface area contributed by atoms with E-state index in [2.05, 4.69) is 15.1 Å². The Morgan fingerprint density at radius 3 is 3.21 bits per heavy atom. The number of alkyl halides is 1. The van der Waals surface area contributed by atoms with E-state index >= 15 is 0 Å². The number of fused-ring (bicyclic) bond motifs is 1. The summed E-state index contributed by atoms with van der Waals surface area (Å²) < 4.78 is 1.73. The van der Waals surface area contributed by atoms with Crippen molar-refractivity contribution in [3.63, 3.8) is 0 Å². The molecule has 0 fully saturated rings. The van der Waals surface area contributed by atoms with E-state index in [0.717, 1.165) is 16.5 Å². The Labute approximate surface area is 90.7 Å². The Kier molecular flexibility index (Phi) is 2.88. The molecule has 0 aliphatic carbocycles. The SMILES string of the molecule is Cc1cc(SCCCl)n2ncnc2n1. The van der Waals surface area contributed by atoms with Gasteiger partial charge in [0.05, 0.1) is 0 Å². The number of hydrogen-bond acceptors (Lipinski definition) is 4. The van der Waals surface area contributed by atoms with Gasteiger partial charge < -0.3 is 0 Å². The number of nitrogens with zero attached hydrogens (tertiary/aromatic N) is 4. The molecule has 0 unspecified atom stereocenters. The molecule has 2 rings (SSSR count). The predicted octanol–water partition coefficient (Wildman–Crippen LogP) is 1.76. The highest BCUT2D eigenvalue weighted by atomic mass is 35.5. The fraction of sp³-hybridized carbons (Fsp3) is 0.375. The molecule has 74 valence electrons. The van der Waals surface area contributed by atoms with E-state index < -0.39 is 0 Å². The zero-order valence-electron chi connectivity index (χ0n) is 7.64. The van der Waals surface area contributed by atoms with E-state index in [0.29, 0.717) is 11.7 Å². The number of aromatic nitrogens is 4. The molecule has 0 aliphatic heterocycles. The third kappa shape index (κ3) is 1.83. The van der Waals surface area contributed by atoms with Crippen molar-refractivity contribution in [1.82, 2.24) is 19.6 Å². The molecule has 0 N–H and O–H groups in total. The van der Waals surface area contributed by atoms with Gasteiger partial charge in [0.2, 0.25) is 0 Å². The van der Waals surface area contributed by atoms with Crippen molar-refractivity contribution < 1.29 is 0 Å². The number of rotatable bonds is 3. The van der Waals surface area contributed by atoms with Crippen LogP contribution in [0.5, 0.6) is 0 Å². The second-order valence-corrected chi connectivity index (χ2v) is 4.24. The van der Waals surface area contributed by atoms with Crippen LogP contribution < -0.4 is 0 Å². The molecule has 0 spiro atoms. The molecule has 0 radical (unpaired) electrons. The summed E-state index contributed by atoms with van der Waals surface area (Å²) in [7, 11) is 0. The van der Waals surface area contributed by atoms with E-state index in [9.17, 15) is 0 Å². The van der Waals surface area contributed by atoms with Gasteiger partial charge in [-0.2, -0.15) is 14.6 Å². The zero-order valence-corrected chi connectivity index (χ0v) is 9.22. The average Bonchev–Trinajstić information content (AvgIpc) is 2.61. The fourth-order valence-electron chi connectivity index (χ4n) is 1.14. The lowest BCUT2D eigenvalue weighted by atomic mass is 10.5. The number of hydrogen-bond donors (Lipinski definition) is 0. The number of thioether (sulfide) groups is 1. The molecule has 0 saturated heterocycles. The summed E-state index contributed by atoms with van der Waals surface area (Å²) in [5.41, 5.74) is 0.947. The Morgan fingerprint density at radius 1 is 1.57 bits per heavy atom. The maximum atomic E-state index is 5.63. The highest BCUT2D eigenvalue weighted by Gasteiger charge is 2.05. The van der Waals surface area contributed by atoms with Crippen LogP contribution in [-0.4, -0.2) is 31.2 Å². The predicted molar refractivity (Wildman–Crippen MR) is 57.0 cm³/mol. The lowest BCUT2D eigenvalue weighted by Crippen LogP contribution is -1.97. The number of halogens is 1. The van der Waals surface area contributed by atoms with Crippen LogP contribution in [0.15, 0.2) is 17.4 Å². The van der Waals surface area contributed by atoms with Gasteiger partial charge in [-0.1, -0.05) is 0 Å². The first-order chi connectivity index (χ1) is 6.81. The molecular weight excluding hydrogens is 220 g/mol. The monoisotopic (exact) mass is 228 g/mol. The first kappa shape index (κ1) is 9.73. The Hall–Kier alpha value is -0.810. The molecule has 2 heterocycles. The van der Waals surface area contributed by atoms with Crippen LogP contribution in [0.3, 0.4) is 0 Å². The summed E-state index contributed by atoms with van der Waals surface area (Å²) in [6.45, 7) is 1.94. The molecular formula is C8H9ClN4S. The number of aryl methyl sites for hydroxylation is 1. The van der Waals surface area contributed by atoms with Crippen LogP contribution in [-0.2, 0) is 0 Å². The summed E-state index contributed by atoms with van der Waals surface area (Å²) in [4.78, 5) is 8.29. The average molecular weight is 229 g/mol. The van der Waals surface area contributed by atoms with Crippen molar-refractivity contribution in [1.29, 1.82) is 0 Å². The molecule has 0 bridgehead atoms. The molecule has 0 atom stereocenters. The quantitative estimate of drug-likeness (QED) is 0.456. The summed E-state index contributed by atoms with van der Waals surface area (Å²) in [5, 5.41) is 5.12. The molecule has 0 amide bonds. The van der Waals surface area contributed by atoms with Crippen molar-refractivity contribution in [2.75, 3.05) is 11.6 Å². The van der Waals surface area contributed by atoms with Gasteiger partial charge in [-0.15, -0.1) is 23.4 Å². The normalized spacial score (nSPS) is 11.0. The van der Waals surface area contributed by atoms with E-state index in [1.165, 1.54) is 6.33 Å². The van der Waals surface area contributed by atoms with Crippen LogP contribution in [0.1, 0.15) is 5.69 Å². The maximum absolute atomic E-state index is 5.63. The van der Waals surface area contributed by atoms with Gasteiger partial charge in [0.25, 0.3) is 5.78 Å². The molecule has 0 aromatic carbocycles. The van der Waals surface area contributed by atoms with Crippen LogP contribution in [0.4, 0.5) is 0 Å². The molecule has 0 aliphatic rings. The summed E-state index contributed by atoms with van der Waals surface area (Å²) in [6, 6.07) is 1.99. The first-order valence-corrected chi connectivity index (χ1v) is 5.69. The molecule has 4 nitrogen and oxygen atoms in total. The van der Waals surface area contributed by atoms with Gasteiger partial charge in [-0.05, 0) is 13.0 Å². The highest BCUT2D eigenvalue weighted by molar-refractivity contribution is 7.99. The zero-order chi connectivity index (χ0) is 9.97. The van der Waals surface area contributed by atoms with Crippen LogP contribution in [0, 0.1) is 6.92 Å². The fourth-order valence-corrected chi connectivity index (χ4v) is 2.17. The van der Waals surface area contributed by atoms with Crippen molar-refractivity contribution in [3.8, 4) is 0 Å². The lowest BCUT2D eigenvalue weighted by molar-refractivity contribution is 0.834. The third-order valence-corrected chi connectivity index (χ3v) is 3.08. The Morgan fingerprint density at radius 2 is 2.43 bits per heavy atom. The van der Waals surface area contributed by atoms with Crippen molar-refractivity contribution in [3.05, 3.63) is 18.1 Å². The lowest BCUT2D eigenvalue weighted by Gasteiger charge is -2.02. The topological polar surface area (TPSA) is 43.1 Å². The minimum Gasteiger partial charge on any atom is -0.216 e. The van der Waals surface area contributed by atoms with E-state index in [4.69, 9.17) is 11.6 Å². The molecule has 6 heteroatoms. The Bertz CT molecular complexity index is 442. The van der Waals surface area contributed by atoms with E-state index in [1.807, 2.05) is 13.0 Å². The van der Waals surface area contributed by atoms with Gasteiger partial charge in [0, 0.05) is 17.3 Å². The second kappa shape index (κ2) is 4.14. The van der Waals surface area contributed by atoms with Crippen molar-refractivity contribution in [2.24, 2.45) is 0 Å². The molecule has 2 aromatic heterocycles. The third-order valence-electron chi connectivity index (χ3n) is 1.67. The summed E-state index contributed by atoms with van der Waals surface area (Å²) in [5.74, 6) is 2.13. The minimum atomic E-state index is 0.627. The maximum Gasteiger partial charge on any atom is 0.253 e. The highest BCUT2D eigenvalue weighted by Crippen LogP contribution is 2.18. The minimum absolute atomic E-state index is 0.627. The Balaban J connectivity index is 2.44. The molecule has 14 heavy (non-hydrogen) atoms. The van der Waals surface area contributed by atoms with Crippen LogP contribution in [0.25, 0.3) is 5.78 Å². The molecule has 2 aromatic rings. The van der Waals surface area contributed by atoms with Gasteiger partial charge in [-0.25, -0.2) is 4.98 Å². The van der Waals surface area contributed by atoms with Gasteiger partial charge in [-0.3, -0.25) is 0 Å². The van der Waals surface area contributed by atoms with Gasteiger partial charge in [0.15, 0.2) is 0 Å². The summed E-state index contributed by atoms with van der Waals surface area (Å²) >= 11 is 7.29. The first-order valence-electron chi connectivity index (χ1n) is 4.17. The van der Waals surface area contributed by atoms with E-state index in [1.54, 1.807) is 16.3 Å². The van der Waals surface area contributed by atoms with Crippen molar-refractivity contribution in [2.45, 2.75) is 11.9 Å². The standard InChI is InChI=1S/C8H9ClN4S/c1-6-4-7(14-3-2-9)13-8(12-6)10-5-11-13/h4-5H,2-3H2,1H3. The van der Waals surface area contributed by atoms with Crippen LogP contribution >= 0.6 is 23.4 Å². The van der Waals surface area contributed by atoms with Crippen LogP contribution in [0.2, 0.25) is 0 Å².